The number of amides is 1. The van der Waals surface area contributed by atoms with Crippen LogP contribution >= 0.6 is 0 Å². The summed E-state index contributed by atoms with van der Waals surface area (Å²) in [7, 11) is 0. The Morgan fingerprint density at radius 3 is 2.65 bits per heavy atom. The van der Waals surface area contributed by atoms with E-state index in [1.807, 2.05) is 55.5 Å². The summed E-state index contributed by atoms with van der Waals surface area (Å²) in [5.41, 5.74) is 4.37. The molecule has 4 aromatic rings. The molecule has 0 aliphatic rings. The van der Waals surface area contributed by atoms with Crippen LogP contribution in [0.2, 0.25) is 0 Å². The number of rotatable bonds is 4. The summed E-state index contributed by atoms with van der Waals surface area (Å²) in [5.74, 6) is 0.584. The molecule has 1 amide bonds. The second-order valence-electron chi connectivity index (χ2n) is 6.14. The summed E-state index contributed by atoms with van der Waals surface area (Å²) in [6.45, 7) is 2.26. The molecule has 0 radical (unpaired) electrons. The number of carbonyl (C=O) groups excluding carboxylic acids is 1. The Morgan fingerprint density at radius 2 is 1.88 bits per heavy atom. The number of aryl methyl sites for hydroxylation is 1. The molecule has 0 spiro atoms. The van der Waals surface area contributed by atoms with Gasteiger partial charge in [0.2, 0.25) is 0 Å². The van der Waals surface area contributed by atoms with E-state index in [1.54, 1.807) is 12.3 Å². The van der Waals surface area contributed by atoms with Crippen molar-refractivity contribution >= 4 is 16.8 Å². The van der Waals surface area contributed by atoms with Crippen molar-refractivity contribution in [3.63, 3.8) is 0 Å². The van der Waals surface area contributed by atoms with Gasteiger partial charge >= 0.3 is 0 Å². The largest absolute Gasteiger partial charge is 0.467 e. The van der Waals surface area contributed by atoms with Crippen molar-refractivity contribution in [3.05, 3.63) is 90.0 Å². The van der Waals surface area contributed by atoms with Crippen LogP contribution in [0.1, 0.15) is 21.8 Å². The number of furan rings is 1. The van der Waals surface area contributed by atoms with Crippen LogP contribution in [0.3, 0.4) is 0 Å². The summed E-state index contributed by atoms with van der Waals surface area (Å²) >= 11 is 0. The first-order valence-corrected chi connectivity index (χ1v) is 8.49. The van der Waals surface area contributed by atoms with Crippen molar-refractivity contribution in [1.82, 2.24) is 10.3 Å². The van der Waals surface area contributed by atoms with E-state index in [0.717, 1.165) is 33.5 Å². The minimum atomic E-state index is -0.137. The van der Waals surface area contributed by atoms with Crippen LogP contribution in [0, 0.1) is 6.92 Å². The van der Waals surface area contributed by atoms with Gasteiger partial charge in [0, 0.05) is 16.6 Å². The molecule has 0 aliphatic carbocycles. The molecule has 0 atom stereocenters. The van der Waals surface area contributed by atoms with Gasteiger partial charge in [0.15, 0.2) is 0 Å². The van der Waals surface area contributed by atoms with Crippen molar-refractivity contribution < 1.29 is 9.21 Å². The molecule has 0 aliphatic heterocycles. The maximum Gasteiger partial charge on any atom is 0.252 e. The van der Waals surface area contributed by atoms with Crippen molar-refractivity contribution in [2.45, 2.75) is 13.5 Å². The van der Waals surface area contributed by atoms with Crippen LogP contribution in [0.15, 0.2) is 77.4 Å². The van der Waals surface area contributed by atoms with E-state index in [0.29, 0.717) is 12.1 Å². The van der Waals surface area contributed by atoms with Gasteiger partial charge in [-0.2, -0.15) is 0 Å². The lowest BCUT2D eigenvalue weighted by atomic mass is 9.98. The highest BCUT2D eigenvalue weighted by molar-refractivity contribution is 6.09. The predicted molar refractivity (Wildman–Crippen MR) is 102 cm³/mol. The second-order valence-corrected chi connectivity index (χ2v) is 6.14. The maximum absolute atomic E-state index is 12.8. The molecule has 26 heavy (non-hydrogen) atoms. The quantitative estimate of drug-likeness (QED) is 0.583. The van der Waals surface area contributed by atoms with Crippen molar-refractivity contribution in [3.8, 4) is 11.1 Å². The molecule has 128 valence electrons. The Kier molecular flexibility index (Phi) is 4.23. The SMILES string of the molecule is Cc1cc(C(=O)NCc2ccco2)c2cccc(-c3ccccc3)c2n1. The highest BCUT2D eigenvalue weighted by Gasteiger charge is 2.15. The summed E-state index contributed by atoms with van der Waals surface area (Å²) in [5, 5.41) is 3.76. The first-order chi connectivity index (χ1) is 12.7. The molecule has 4 nitrogen and oxygen atoms in total. The van der Waals surface area contributed by atoms with E-state index < -0.39 is 0 Å². The molecule has 0 fully saturated rings. The number of carbonyl (C=O) groups is 1. The monoisotopic (exact) mass is 342 g/mol. The number of aromatic nitrogens is 1. The fourth-order valence-corrected chi connectivity index (χ4v) is 3.09. The average Bonchev–Trinajstić information content (AvgIpc) is 3.19. The zero-order valence-electron chi connectivity index (χ0n) is 14.4. The minimum Gasteiger partial charge on any atom is -0.467 e. The van der Waals surface area contributed by atoms with Crippen molar-refractivity contribution in [1.29, 1.82) is 0 Å². The van der Waals surface area contributed by atoms with E-state index >= 15 is 0 Å². The molecular formula is C22H18N2O2. The number of fused-ring (bicyclic) bond motifs is 1. The highest BCUT2D eigenvalue weighted by atomic mass is 16.3. The molecule has 4 heteroatoms. The Balaban J connectivity index is 1.77. The van der Waals surface area contributed by atoms with Crippen LogP contribution in [0.5, 0.6) is 0 Å². The fraction of sp³-hybridized carbons (Fsp3) is 0.0909. The van der Waals surface area contributed by atoms with Crippen LogP contribution in [0.4, 0.5) is 0 Å². The number of nitrogens with one attached hydrogen (secondary N) is 1. The highest BCUT2D eigenvalue weighted by Crippen LogP contribution is 2.29. The third-order valence-corrected chi connectivity index (χ3v) is 4.30. The number of pyridine rings is 1. The molecular weight excluding hydrogens is 324 g/mol. The Bertz CT molecular complexity index is 1050. The van der Waals surface area contributed by atoms with Gasteiger partial charge in [-0.05, 0) is 30.7 Å². The third kappa shape index (κ3) is 3.09. The number of nitrogens with zero attached hydrogens (tertiary/aromatic N) is 1. The van der Waals surface area contributed by atoms with Crippen molar-refractivity contribution in [2.24, 2.45) is 0 Å². The number of para-hydroxylation sites is 1. The molecule has 1 N–H and O–H groups in total. The van der Waals surface area contributed by atoms with Gasteiger partial charge in [-0.1, -0.05) is 48.5 Å². The second kappa shape index (κ2) is 6.84. The van der Waals surface area contributed by atoms with Crippen molar-refractivity contribution in [2.75, 3.05) is 0 Å². The molecule has 0 saturated heterocycles. The van der Waals surface area contributed by atoms with Crippen LogP contribution in [-0.4, -0.2) is 10.9 Å². The lowest BCUT2D eigenvalue weighted by Gasteiger charge is -2.11. The van der Waals surface area contributed by atoms with E-state index in [-0.39, 0.29) is 5.91 Å². The van der Waals surface area contributed by atoms with E-state index in [2.05, 4.69) is 17.4 Å². The smallest absolute Gasteiger partial charge is 0.252 e. The third-order valence-electron chi connectivity index (χ3n) is 4.30. The molecule has 2 heterocycles. The standard InChI is InChI=1S/C22H18N2O2/c1-15-13-20(22(25)23-14-17-9-6-12-26-17)19-11-5-10-18(21(19)24-15)16-7-3-2-4-8-16/h2-13H,14H2,1H3,(H,23,25). The minimum absolute atomic E-state index is 0.137. The van der Waals surface area contributed by atoms with Gasteiger partial charge in [-0.15, -0.1) is 0 Å². The van der Waals surface area contributed by atoms with Crippen LogP contribution in [-0.2, 0) is 6.54 Å². The van der Waals surface area contributed by atoms with Gasteiger partial charge in [0.1, 0.15) is 5.76 Å². The van der Waals surface area contributed by atoms with Gasteiger partial charge < -0.3 is 9.73 Å². The molecule has 0 saturated carbocycles. The van der Waals surface area contributed by atoms with E-state index in [9.17, 15) is 4.79 Å². The fourth-order valence-electron chi connectivity index (χ4n) is 3.09. The molecule has 0 unspecified atom stereocenters. The Morgan fingerprint density at radius 1 is 1.04 bits per heavy atom. The lowest BCUT2D eigenvalue weighted by Crippen LogP contribution is -2.23. The van der Waals surface area contributed by atoms with Gasteiger partial charge in [0.25, 0.3) is 5.91 Å². The normalized spacial score (nSPS) is 10.8. The predicted octanol–water partition coefficient (Wildman–Crippen LogP) is 4.73. The zero-order chi connectivity index (χ0) is 17.9. The van der Waals surface area contributed by atoms with E-state index in [1.165, 1.54) is 0 Å². The van der Waals surface area contributed by atoms with Crippen LogP contribution in [0.25, 0.3) is 22.0 Å². The first kappa shape index (κ1) is 16.1. The van der Waals surface area contributed by atoms with E-state index in [4.69, 9.17) is 9.40 Å². The Labute approximate surface area is 151 Å². The molecule has 4 rings (SSSR count). The molecule has 2 aromatic carbocycles. The van der Waals surface area contributed by atoms with Crippen LogP contribution < -0.4 is 5.32 Å². The topological polar surface area (TPSA) is 55.1 Å². The zero-order valence-corrected chi connectivity index (χ0v) is 14.4. The lowest BCUT2D eigenvalue weighted by molar-refractivity contribution is 0.0949. The summed E-state index contributed by atoms with van der Waals surface area (Å²) in [6.07, 6.45) is 1.60. The number of hydrogen-bond donors (Lipinski definition) is 1. The summed E-state index contributed by atoms with van der Waals surface area (Å²) in [4.78, 5) is 17.5. The summed E-state index contributed by atoms with van der Waals surface area (Å²) in [6, 6.07) is 21.5. The average molecular weight is 342 g/mol. The molecule has 0 bridgehead atoms. The first-order valence-electron chi connectivity index (χ1n) is 8.49. The summed E-state index contributed by atoms with van der Waals surface area (Å²) < 4.78 is 5.28. The van der Waals surface area contributed by atoms with Gasteiger partial charge in [-0.25, -0.2) is 0 Å². The Hall–Kier alpha value is -3.40. The molecule has 2 aromatic heterocycles. The number of benzene rings is 2. The van der Waals surface area contributed by atoms with Gasteiger partial charge in [0.05, 0.1) is 23.9 Å². The van der Waals surface area contributed by atoms with Gasteiger partial charge in [-0.3, -0.25) is 9.78 Å². The number of hydrogen-bond acceptors (Lipinski definition) is 3. The maximum atomic E-state index is 12.8.